The molecule has 5 heteroatoms. The molecule has 31 heavy (non-hydrogen) atoms. The molecular formula is C26H19NO4. The van der Waals surface area contributed by atoms with Gasteiger partial charge in [-0.3, -0.25) is 9.59 Å². The molecule has 0 radical (unpaired) electrons. The van der Waals surface area contributed by atoms with Crippen LogP contribution in [0, 0.1) is 0 Å². The second-order valence-electron chi connectivity index (χ2n) is 7.36. The van der Waals surface area contributed by atoms with Gasteiger partial charge in [0.2, 0.25) is 0 Å². The molecule has 0 aliphatic heterocycles. The molecule has 0 saturated heterocycles. The number of hydrogen-bond acceptors (Lipinski definition) is 4. The van der Waals surface area contributed by atoms with Gasteiger partial charge in [-0.25, -0.2) is 0 Å². The third kappa shape index (κ3) is 3.79. The number of carbonyl (C=O) groups is 2. The lowest BCUT2D eigenvalue weighted by Gasteiger charge is -2.09. The van der Waals surface area contributed by atoms with E-state index in [9.17, 15) is 9.59 Å². The number of fused-ring (bicyclic) bond motifs is 3. The first-order valence-corrected chi connectivity index (χ1v) is 9.97. The van der Waals surface area contributed by atoms with Gasteiger partial charge in [0.1, 0.15) is 12.4 Å². The summed E-state index contributed by atoms with van der Waals surface area (Å²) in [6, 6.07) is 23.9. The minimum absolute atomic E-state index is 0.0454. The summed E-state index contributed by atoms with van der Waals surface area (Å²) < 4.78 is 10.9. The number of hydrogen-bond donors (Lipinski definition) is 1. The molecule has 0 unspecified atom stereocenters. The van der Waals surface area contributed by atoms with E-state index >= 15 is 0 Å². The van der Waals surface area contributed by atoms with Crippen LogP contribution >= 0.6 is 0 Å². The van der Waals surface area contributed by atoms with Crippen LogP contribution in [-0.4, -0.2) is 11.7 Å². The Bertz CT molecular complexity index is 1270. The van der Waals surface area contributed by atoms with Crippen molar-refractivity contribution in [1.82, 2.24) is 0 Å². The molecule has 1 aromatic heterocycles. The summed E-state index contributed by atoms with van der Waals surface area (Å²) in [6.07, 6.45) is 1.61. The standard InChI is InChI=1S/C26H19NO4/c28-25-23-9-2-1-8-21(23)22-11-10-18(14-24(22)25)26(29)27-19-6-3-5-17(13-19)15-30-16-20-7-4-12-31-20/h1-14H,15-16H2,(H,27,29). The fraction of sp³-hybridized carbons (Fsp3) is 0.0769. The smallest absolute Gasteiger partial charge is 0.255 e. The predicted octanol–water partition coefficient (Wildman–Crippen LogP) is 5.46. The number of carbonyl (C=O) groups excluding carboxylic acids is 2. The average molecular weight is 409 g/mol. The summed E-state index contributed by atoms with van der Waals surface area (Å²) in [5.41, 5.74) is 5.07. The van der Waals surface area contributed by atoms with Crippen LogP contribution in [0.2, 0.25) is 0 Å². The Morgan fingerprint density at radius 1 is 0.806 bits per heavy atom. The minimum Gasteiger partial charge on any atom is -0.467 e. The van der Waals surface area contributed by atoms with Crippen LogP contribution in [0.25, 0.3) is 11.1 Å². The van der Waals surface area contributed by atoms with E-state index < -0.39 is 0 Å². The molecule has 1 aliphatic rings. The number of furan rings is 1. The predicted molar refractivity (Wildman–Crippen MR) is 117 cm³/mol. The summed E-state index contributed by atoms with van der Waals surface area (Å²) in [4.78, 5) is 25.5. The Balaban J connectivity index is 1.28. The van der Waals surface area contributed by atoms with Crippen molar-refractivity contribution >= 4 is 17.4 Å². The van der Waals surface area contributed by atoms with Crippen molar-refractivity contribution in [2.24, 2.45) is 0 Å². The van der Waals surface area contributed by atoms with Gasteiger partial charge in [-0.15, -0.1) is 0 Å². The summed E-state index contributed by atoms with van der Waals surface area (Å²) in [5.74, 6) is 0.453. The monoisotopic (exact) mass is 409 g/mol. The maximum atomic E-state index is 12.8. The Morgan fingerprint density at radius 3 is 2.48 bits per heavy atom. The van der Waals surface area contributed by atoms with Crippen LogP contribution < -0.4 is 5.32 Å². The van der Waals surface area contributed by atoms with E-state index in [1.54, 1.807) is 18.4 Å². The van der Waals surface area contributed by atoms with Gasteiger partial charge in [-0.2, -0.15) is 0 Å². The van der Waals surface area contributed by atoms with Crippen LogP contribution in [0.5, 0.6) is 0 Å². The quantitative estimate of drug-likeness (QED) is 0.404. The first-order chi connectivity index (χ1) is 15.2. The van der Waals surface area contributed by atoms with Crippen LogP contribution in [0.4, 0.5) is 5.69 Å². The van der Waals surface area contributed by atoms with Gasteiger partial charge in [-0.05, 0) is 53.1 Å². The summed E-state index contributed by atoms with van der Waals surface area (Å²) in [7, 11) is 0. The second-order valence-corrected chi connectivity index (χ2v) is 7.36. The van der Waals surface area contributed by atoms with E-state index in [2.05, 4.69) is 5.32 Å². The molecule has 1 aliphatic carbocycles. The van der Waals surface area contributed by atoms with E-state index in [-0.39, 0.29) is 11.7 Å². The zero-order valence-electron chi connectivity index (χ0n) is 16.6. The third-order valence-corrected chi connectivity index (χ3v) is 5.27. The average Bonchev–Trinajstić information content (AvgIpc) is 3.41. The Labute approximate surface area is 179 Å². The number of ketones is 1. The van der Waals surface area contributed by atoms with Crippen LogP contribution in [0.1, 0.15) is 37.6 Å². The molecule has 152 valence electrons. The Morgan fingerprint density at radius 2 is 1.65 bits per heavy atom. The van der Waals surface area contributed by atoms with Gasteiger partial charge < -0.3 is 14.5 Å². The van der Waals surface area contributed by atoms with Crippen molar-refractivity contribution in [1.29, 1.82) is 0 Å². The highest BCUT2D eigenvalue weighted by atomic mass is 16.5. The molecule has 0 fully saturated rings. The fourth-order valence-electron chi connectivity index (χ4n) is 3.78. The fourth-order valence-corrected chi connectivity index (χ4v) is 3.78. The van der Waals surface area contributed by atoms with Crippen LogP contribution in [-0.2, 0) is 18.0 Å². The first kappa shape index (κ1) is 19.0. The number of benzene rings is 3. The summed E-state index contributed by atoms with van der Waals surface area (Å²) in [6.45, 7) is 0.783. The van der Waals surface area contributed by atoms with Crippen LogP contribution in [0.15, 0.2) is 89.5 Å². The molecule has 1 amide bonds. The summed E-state index contributed by atoms with van der Waals surface area (Å²) >= 11 is 0. The molecule has 0 atom stereocenters. The Kier molecular flexibility index (Phi) is 4.94. The maximum absolute atomic E-state index is 12.8. The zero-order valence-corrected chi connectivity index (χ0v) is 16.6. The minimum atomic E-state index is -0.264. The maximum Gasteiger partial charge on any atom is 0.255 e. The molecule has 0 bridgehead atoms. The molecule has 5 rings (SSSR count). The molecule has 5 nitrogen and oxygen atoms in total. The molecular weight excluding hydrogens is 390 g/mol. The number of anilines is 1. The van der Waals surface area contributed by atoms with Gasteiger partial charge in [-0.1, -0.05) is 42.5 Å². The molecule has 1 heterocycles. The summed E-state index contributed by atoms with van der Waals surface area (Å²) in [5, 5.41) is 2.91. The van der Waals surface area contributed by atoms with E-state index in [0.717, 1.165) is 22.5 Å². The lowest BCUT2D eigenvalue weighted by atomic mass is 10.0. The number of nitrogens with one attached hydrogen (secondary N) is 1. The molecule has 4 aromatic rings. The SMILES string of the molecule is O=C(Nc1cccc(COCc2ccco2)c1)c1ccc2c(c1)C(=O)c1ccccc1-2. The zero-order chi connectivity index (χ0) is 21.2. The highest BCUT2D eigenvalue weighted by molar-refractivity contribution is 6.22. The highest BCUT2D eigenvalue weighted by Gasteiger charge is 2.27. The van der Waals surface area contributed by atoms with Gasteiger partial charge >= 0.3 is 0 Å². The van der Waals surface area contributed by atoms with Gasteiger partial charge in [0.25, 0.3) is 5.91 Å². The topological polar surface area (TPSA) is 68.5 Å². The third-order valence-electron chi connectivity index (χ3n) is 5.27. The van der Waals surface area contributed by atoms with Crippen molar-refractivity contribution in [3.63, 3.8) is 0 Å². The lowest BCUT2D eigenvalue weighted by Crippen LogP contribution is -2.13. The van der Waals surface area contributed by atoms with Crippen molar-refractivity contribution in [3.05, 3.63) is 113 Å². The molecule has 1 N–H and O–H groups in total. The van der Waals surface area contributed by atoms with E-state index in [0.29, 0.717) is 35.6 Å². The molecule has 0 spiro atoms. The highest BCUT2D eigenvalue weighted by Crippen LogP contribution is 2.36. The number of amides is 1. The van der Waals surface area contributed by atoms with Crippen molar-refractivity contribution in [2.75, 3.05) is 5.32 Å². The largest absolute Gasteiger partial charge is 0.467 e. The first-order valence-electron chi connectivity index (χ1n) is 9.97. The van der Waals surface area contributed by atoms with Gasteiger partial charge in [0.15, 0.2) is 5.78 Å². The molecule has 0 saturated carbocycles. The van der Waals surface area contributed by atoms with Crippen molar-refractivity contribution < 1.29 is 18.7 Å². The normalized spacial score (nSPS) is 11.8. The second kappa shape index (κ2) is 8.05. The van der Waals surface area contributed by atoms with Gasteiger partial charge in [0, 0.05) is 22.4 Å². The van der Waals surface area contributed by atoms with E-state index in [1.165, 1.54) is 0 Å². The lowest BCUT2D eigenvalue weighted by molar-refractivity contribution is 0.0929. The van der Waals surface area contributed by atoms with Crippen molar-refractivity contribution in [3.8, 4) is 11.1 Å². The van der Waals surface area contributed by atoms with Gasteiger partial charge in [0.05, 0.1) is 12.9 Å². The van der Waals surface area contributed by atoms with E-state index in [1.807, 2.05) is 66.7 Å². The molecule has 3 aromatic carbocycles. The number of ether oxygens (including phenoxy) is 1. The Hall–Kier alpha value is -3.96. The van der Waals surface area contributed by atoms with E-state index in [4.69, 9.17) is 9.15 Å². The number of rotatable bonds is 6. The van der Waals surface area contributed by atoms with Crippen LogP contribution in [0.3, 0.4) is 0 Å². The van der Waals surface area contributed by atoms with Crippen molar-refractivity contribution in [2.45, 2.75) is 13.2 Å².